The topological polar surface area (TPSA) is 35.2 Å². The van der Waals surface area contributed by atoms with Crippen molar-refractivity contribution < 1.29 is 9.13 Å². The number of nitrogens with two attached hydrogens (primary N) is 1. The number of ether oxygens (including phenoxy) is 1. The van der Waals surface area contributed by atoms with Crippen LogP contribution in [0.4, 0.5) is 4.39 Å². The van der Waals surface area contributed by atoms with Crippen molar-refractivity contribution in [2.75, 3.05) is 0 Å². The van der Waals surface area contributed by atoms with Crippen LogP contribution in [-0.2, 0) is 6.54 Å². The monoisotopic (exact) mass is 265 g/mol. The quantitative estimate of drug-likeness (QED) is 0.909. The molecule has 0 fully saturated rings. The fraction of sp³-hybridized carbons (Fsp3) is 0.143. The Hall–Kier alpha value is -1.58. The summed E-state index contributed by atoms with van der Waals surface area (Å²) in [5.74, 6) is 0.682. The molecule has 2 N–H and O–H groups in total. The van der Waals surface area contributed by atoms with E-state index in [0.29, 0.717) is 22.1 Å². The first-order valence-electron chi connectivity index (χ1n) is 5.52. The van der Waals surface area contributed by atoms with Gasteiger partial charge < -0.3 is 10.5 Å². The van der Waals surface area contributed by atoms with Crippen LogP contribution in [0.3, 0.4) is 0 Å². The number of halogens is 2. The van der Waals surface area contributed by atoms with E-state index in [9.17, 15) is 4.39 Å². The molecule has 0 saturated heterocycles. The smallest absolute Gasteiger partial charge is 0.130 e. The first kappa shape index (κ1) is 12.9. The van der Waals surface area contributed by atoms with Crippen LogP contribution < -0.4 is 10.5 Å². The summed E-state index contributed by atoms with van der Waals surface area (Å²) in [5, 5.41) is 0.671. The highest BCUT2D eigenvalue weighted by Crippen LogP contribution is 2.27. The first-order valence-corrected chi connectivity index (χ1v) is 5.90. The summed E-state index contributed by atoms with van der Waals surface area (Å²) in [5.41, 5.74) is 7.08. The molecule has 0 aliphatic heterocycles. The van der Waals surface area contributed by atoms with E-state index < -0.39 is 0 Å². The third-order valence-corrected chi connectivity index (χ3v) is 2.96. The number of rotatable bonds is 3. The van der Waals surface area contributed by atoms with Crippen LogP contribution in [0.2, 0.25) is 5.02 Å². The van der Waals surface area contributed by atoms with Crippen molar-refractivity contribution in [1.82, 2.24) is 0 Å². The van der Waals surface area contributed by atoms with Crippen LogP contribution >= 0.6 is 11.6 Å². The Bertz CT molecular complexity index is 572. The van der Waals surface area contributed by atoms with Gasteiger partial charge in [-0.2, -0.15) is 0 Å². The van der Waals surface area contributed by atoms with Gasteiger partial charge in [0.1, 0.15) is 17.3 Å². The fourth-order valence-corrected chi connectivity index (χ4v) is 1.73. The van der Waals surface area contributed by atoms with Gasteiger partial charge in [0.05, 0.1) is 0 Å². The zero-order valence-electron chi connectivity index (χ0n) is 9.91. The van der Waals surface area contributed by atoms with Crippen LogP contribution in [0.5, 0.6) is 11.5 Å². The van der Waals surface area contributed by atoms with Gasteiger partial charge in [-0.25, -0.2) is 4.39 Å². The number of benzene rings is 2. The number of aryl methyl sites for hydroxylation is 1. The summed E-state index contributed by atoms with van der Waals surface area (Å²) in [6.45, 7) is 2.15. The Kier molecular flexibility index (Phi) is 3.84. The van der Waals surface area contributed by atoms with Crippen molar-refractivity contribution in [2.45, 2.75) is 13.5 Å². The second kappa shape index (κ2) is 5.38. The second-order valence-electron chi connectivity index (χ2n) is 4.01. The van der Waals surface area contributed by atoms with E-state index in [1.807, 2.05) is 6.92 Å². The van der Waals surface area contributed by atoms with Crippen LogP contribution in [0.1, 0.15) is 11.1 Å². The Morgan fingerprint density at radius 1 is 1.17 bits per heavy atom. The Balaban J connectivity index is 2.27. The summed E-state index contributed by atoms with van der Waals surface area (Å²) < 4.78 is 18.9. The molecule has 2 aromatic carbocycles. The molecule has 0 aromatic heterocycles. The van der Waals surface area contributed by atoms with Gasteiger partial charge in [-0.15, -0.1) is 0 Å². The van der Waals surface area contributed by atoms with Crippen molar-refractivity contribution in [3.05, 3.63) is 58.4 Å². The maximum Gasteiger partial charge on any atom is 0.130 e. The molecule has 0 saturated carbocycles. The van der Waals surface area contributed by atoms with Crippen LogP contribution in [0, 0.1) is 12.7 Å². The van der Waals surface area contributed by atoms with Crippen LogP contribution in [0.25, 0.3) is 0 Å². The van der Waals surface area contributed by atoms with Crippen LogP contribution in [-0.4, -0.2) is 0 Å². The molecule has 0 aliphatic carbocycles. The SMILES string of the molecule is Cc1cc(Oc2cc(F)cc(CN)c2)ccc1Cl. The standard InChI is InChI=1S/C14H13ClFNO/c1-9-4-12(2-3-14(9)15)18-13-6-10(8-17)5-11(16)7-13/h2-7H,8,17H2,1H3. The van der Waals surface area contributed by atoms with Gasteiger partial charge in [0.2, 0.25) is 0 Å². The van der Waals surface area contributed by atoms with Crippen molar-refractivity contribution in [1.29, 1.82) is 0 Å². The summed E-state index contributed by atoms with van der Waals surface area (Å²) in [6.07, 6.45) is 0. The van der Waals surface area contributed by atoms with Gasteiger partial charge in [0, 0.05) is 17.6 Å². The van der Waals surface area contributed by atoms with Crippen molar-refractivity contribution in [2.24, 2.45) is 5.73 Å². The summed E-state index contributed by atoms with van der Waals surface area (Å²) in [7, 11) is 0. The number of hydrogen-bond acceptors (Lipinski definition) is 2. The van der Waals surface area contributed by atoms with Crippen molar-refractivity contribution in [3.8, 4) is 11.5 Å². The predicted octanol–water partition coefficient (Wildman–Crippen LogP) is 4.04. The molecule has 0 unspecified atom stereocenters. The highest BCUT2D eigenvalue weighted by atomic mass is 35.5. The van der Waals surface area contributed by atoms with Crippen molar-refractivity contribution in [3.63, 3.8) is 0 Å². The third kappa shape index (κ3) is 3.00. The highest BCUT2D eigenvalue weighted by molar-refractivity contribution is 6.31. The predicted molar refractivity (Wildman–Crippen MR) is 70.6 cm³/mol. The van der Waals surface area contributed by atoms with E-state index in [-0.39, 0.29) is 12.4 Å². The maximum atomic E-state index is 13.3. The van der Waals surface area contributed by atoms with E-state index in [1.165, 1.54) is 12.1 Å². The van der Waals surface area contributed by atoms with Gasteiger partial charge in [-0.3, -0.25) is 0 Å². The summed E-state index contributed by atoms with van der Waals surface area (Å²) in [6, 6.07) is 9.71. The molecule has 2 rings (SSSR count). The molecule has 2 nitrogen and oxygen atoms in total. The summed E-state index contributed by atoms with van der Waals surface area (Å²) >= 11 is 5.92. The van der Waals surface area contributed by atoms with Gasteiger partial charge in [0.25, 0.3) is 0 Å². The van der Waals surface area contributed by atoms with E-state index in [4.69, 9.17) is 22.1 Å². The Morgan fingerprint density at radius 2 is 1.94 bits per heavy atom. The van der Waals surface area contributed by atoms with Crippen molar-refractivity contribution >= 4 is 11.6 Å². The normalized spacial score (nSPS) is 10.4. The molecule has 2 aromatic rings. The lowest BCUT2D eigenvalue weighted by Gasteiger charge is -2.09. The van der Waals surface area contributed by atoms with E-state index in [0.717, 1.165) is 5.56 Å². The molecule has 18 heavy (non-hydrogen) atoms. The van der Waals surface area contributed by atoms with E-state index >= 15 is 0 Å². The minimum atomic E-state index is -0.362. The molecule has 0 heterocycles. The lowest BCUT2D eigenvalue weighted by Crippen LogP contribution is -1.97. The van der Waals surface area contributed by atoms with E-state index in [2.05, 4.69) is 0 Å². The molecule has 0 spiro atoms. The molecule has 0 amide bonds. The molecule has 4 heteroatoms. The van der Waals surface area contributed by atoms with Gasteiger partial charge in [-0.05, 0) is 48.4 Å². The molecule has 0 bridgehead atoms. The van der Waals surface area contributed by atoms with Crippen LogP contribution in [0.15, 0.2) is 36.4 Å². The first-order chi connectivity index (χ1) is 8.58. The molecular weight excluding hydrogens is 253 g/mol. The molecule has 0 aliphatic rings. The zero-order valence-corrected chi connectivity index (χ0v) is 10.7. The maximum absolute atomic E-state index is 13.3. The Morgan fingerprint density at radius 3 is 2.61 bits per heavy atom. The zero-order chi connectivity index (χ0) is 13.1. The minimum absolute atomic E-state index is 0.272. The highest BCUT2D eigenvalue weighted by Gasteiger charge is 2.04. The largest absolute Gasteiger partial charge is 0.457 e. The average molecular weight is 266 g/mol. The van der Waals surface area contributed by atoms with E-state index in [1.54, 1.807) is 24.3 Å². The Labute approximate surface area is 110 Å². The molecule has 0 radical (unpaired) electrons. The van der Waals surface area contributed by atoms with Gasteiger partial charge in [-0.1, -0.05) is 11.6 Å². The minimum Gasteiger partial charge on any atom is -0.457 e. The van der Waals surface area contributed by atoms with Gasteiger partial charge in [0.15, 0.2) is 0 Å². The second-order valence-corrected chi connectivity index (χ2v) is 4.42. The molecular formula is C14H13ClFNO. The lowest BCUT2D eigenvalue weighted by atomic mass is 10.2. The number of hydrogen-bond donors (Lipinski definition) is 1. The average Bonchev–Trinajstić information content (AvgIpc) is 2.33. The summed E-state index contributed by atoms with van der Waals surface area (Å²) in [4.78, 5) is 0. The molecule has 0 atom stereocenters. The fourth-order valence-electron chi connectivity index (χ4n) is 1.61. The molecule has 94 valence electrons. The van der Waals surface area contributed by atoms with Gasteiger partial charge >= 0.3 is 0 Å². The third-order valence-electron chi connectivity index (χ3n) is 2.53. The lowest BCUT2D eigenvalue weighted by molar-refractivity contribution is 0.475.